The van der Waals surface area contributed by atoms with Crippen molar-refractivity contribution in [2.45, 2.75) is 26.2 Å². The van der Waals surface area contributed by atoms with Gasteiger partial charge in [-0.05, 0) is 6.42 Å². The molecule has 0 radical (unpaired) electrons. The van der Waals surface area contributed by atoms with Crippen LogP contribution in [0.2, 0.25) is 0 Å². The quantitative estimate of drug-likeness (QED) is 0.534. The zero-order chi connectivity index (χ0) is 11.7. The van der Waals surface area contributed by atoms with E-state index >= 15 is 0 Å². The van der Waals surface area contributed by atoms with E-state index in [0.29, 0.717) is 6.54 Å². The molecule has 0 aromatic rings. The molecule has 0 saturated heterocycles. The Morgan fingerprint density at radius 2 is 1.60 bits per heavy atom. The van der Waals surface area contributed by atoms with E-state index in [2.05, 4.69) is 10.6 Å². The largest absolute Gasteiger partial charge is 0.480 e. The molecule has 6 nitrogen and oxygen atoms in total. The van der Waals surface area contributed by atoms with Crippen LogP contribution >= 0.6 is 0 Å². The predicted octanol–water partition coefficient (Wildman–Crippen LogP) is -0.506. The normalized spacial score (nSPS) is 9.40. The SMILES string of the molecule is CCCNC(=O)CCC(=O)NCC(=O)O. The van der Waals surface area contributed by atoms with Gasteiger partial charge in [-0.1, -0.05) is 6.92 Å². The summed E-state index contributed by atoms with van der Waals surface area (Å²) in [5.41, 5.74) is 0. The van der Waals surface area contributed by atoms with Crippen LogP contribution in [-0.4, -0.2) is 36.0 Å². The van der Waals surface area contributed by atoms with Gasteiger partial charge in [-0.25, -0.2) is 0 Å². The first-order chi connectivity index (χ1) is 7.06. The minimum atomic E-state index is -1.10. The molecule has 0 heterocycles. The lowest BCUT2D eigenvalue weighted by molar-refractivity contribution is -0.138. The fourth-order valence-electron chi connectivity index (χ4n) is 0.842. The monoisotopic (exact) mass is 216 g/mol. The van der Waals surface area contributed by atoms with Gasteiger partial charge in [0.05, 0.1) is 0 Å². The highest BCUT2D eigenvalue weighted by molar-refractivity contribution is 5.85. The van der Waals surface area contributed by atoms with E-state index in [0.717, 1.165) is 6.42 Å². The summed E-state index contributed by atoms with van der Waals surface area (Å²) in [6.07, 6.45) is 0.950. The Labute approximate surface area is 88.0 Å². The number of amides is 2. The average molecular weight is 216 g/mol. The lowest BCUT2D eigenvalue weighted by Crippen LogP contribution is -2.31. The lowest BCUT2D eigenvalue weighted by atomic mass is 10.2. The molecule has 3 N–H and O–H groups in total. The van der Waals surface area contributed by atoms with Crippen molar-refractivity contribution in [2.75, 3.05) is 13.1 Å². The predicted molar refractivity (Wildman–Crippen MR) is 53.2 cm³/mol. The van der Waals surface area contributed by atoms with Crippen molar-refractivity contribution in [1.82, 2.24) is 10.6 Å². The number of carbonyl (C=O) groups is 3. The van der Waals surface area contributed by atoms with E-state index in [-0.39, 0.29) is 18.7 Å². The number of aliphatic carboxylic acids is 1. The van der Waals surface area contributed by atoms with Gasteiger partial charge < -0.3 is 15.7 Å². The van der Waals surface area contributed by atoms with Gasteiger partial charge in [0.15, 0.2) is 0 Å². The van der Waals surface area contributed by atoms with Gasteiger partial charge in [0.1, 0.15) is 6.54 Å². The van der Waals surface area contributed by atoms with Crippen LogP contribution < -0.4 is 10.6 Å². The summed E-state index contributed by atoms with van der Waals surface area (Å²) in [6, 6.07) is 0. The third-order valence-electron chi connectivity index (χ3n) is 1.59. The van der Waals surface area contributed by atoms with E-state index in [9.17, 15) is 14.4 Å². The van der Waals surface area contributed by atoms with Crippen LogP contribution in [0.15, 0.2) is 0 Å². The van der Waals surface area contributed by atoms with E-state index in [1.807, 2.05) is 6.92 Å². The first-order valence-corrected chi connectivity index (χ1v) is 4.81. The fraction of sp³-hybridized carbons (Fsp3) is 0.667. The molecule has 0 fully saturated rings. The van der Waals surface area contributed by atoms with Crippen LogP contribution in [0.25, 0.3) is 0 Å². The van der Waals surface area contributed by atoms with Crippen molar-refractivity contribution in [3.8, 4) is 0 Å². The summed E-state index contributed by atoms with van der Waals surface area (Å²) in [5, 5.41) is 13.1. The number of carbonyl (C=O) groups excluding carboxylic acids is 2. The van der Waals surface area contributed by atoms with Crippen LogP contribution in [0.4, 0.5) is 0 Å². The maximum Gasteiger partial charge on any atom is 0.322 e. The number of nitrogens with one attached hydrogen (secondary N) is 2. The molecule has 86 valence electrons. The Balaban J connectivity index is 3.53. The average Bonchev–Trinajstić information content (AvgIpc) is 2.20. The van der Waals surface area contributed by atoms with Crippen LogP contribution in [0.1, 0.15) is 26.2 Å². The Hall–Kier alpha value is -1.59. The first kappa shape index (κ1) is 13.4. The summed E-state index contributed by atoms with van der Waals surface area (Å²) < 4.78 is 0. The summed E-state index contributed by atoms with van der Waals surface area (Å²) in [6.45, 7) is 2.12. The van der Waals surface area contributed by atoms with Crippen molar-refractivity contribution in [2.24, 2.45) is 0 Å². The minimum absolute atomic E-state index is 0.0167. The second-order valence-corrected chi connectivity index (χ2v) is 3.02. The zero-order valence-electron chi connectivity index (χ0n) is 8.71. The minimum Gasteiger partial charge on any atom is -0.480 e. The van der Waals surface area contributed by atoms with Crippen LogP contribution in [0, 0.1) is 0 Å². The van der Waals surface area contributed by atoms with Gasteiger partial charge in [0.2, 0.25) is 11.8 Å². The molecule has 0 aromatic carbocycles. The van der Waals surface area contributed by atoms with E-state index in [1.54, 1.807) is 0 Å². The molecule has 0 saturated carbocycles. The van der Waals surface area contributed by atoms with Crippen molar-refractivity contribution in [3.05, 3.63) is 0 Å². The van der Waals surface area contributed by atoms with Crippen molar-refractivity contribution in [1.29, 1.82) is 0 Å². The van der Waals surface area contributed by atoms with Gasteiger partial charge in [0.25, 0.3) is 0 Å². The molecule has 0 aromatic heterocycles. The van der Waals surface area contributed by atoms with Gasteiger partial charge in [-0.3, -0.25) is 14.4 Å². The third-order valence-corrected chi connectivity index (χ3v) is 1.59. The smallest absolute Gasteiger partial charge is 0.322 e. The second kappa shape index (κ2) is 7.78. The molecule has 0 aliphatic rings. The Morgan fingerprint density at radius 1 is 1.07 bits per heavy atom. The summed E-state index contributed by atoms with van der Waals surface area (Å²) in [5.74, 6) is -1.72. The second-order valence-electron chi connectivity index (χ2n) is 3.02. The summed E-state index contributed by atoms with van der Waals surface area (Å²) in [7, 11) is 0. The van der Waals surface area contributed by atoms with Crippen LogP contribution in [0.5, 0.6) is 0 Å². The molecule has 0 aliphatic carbocycles. The highest BCUT2D eigenvalue weighted by Gasteiger charge is 2.06. The highest BCUT2D eigenvalue weighted by atomic mass is 16.4. The zero-order valence-corrected chi connectivity index (χ0v) is 8.71. The van der Waals surface area contributed by atoms with E-state index in [1.165, 1.54) is 0 Å². The van der Waals surface area contributed by atoms with Crippen molar-refractivity contribution < 1.29 is 19.5 Å². The number of hydrogen-bond acceptors (Lipinski definition) is 3. The standard InChI is InChI=1S/C9H16N2O4/c1-2-5-10-7(12)3-4-8(13)11-6-9(14)15/h2-6H2,1H3,(H,10,12)(H,11,13)(H,14,15). The number of carboxylic acids is 1. The van der Waals surface area contributed by atoms with Crippen LogP contribution in [-0.2, 0) is 14.4 Å². The van der Waals surface area contributed by atoms with Gasteiger partial charge in [-0.15, -0.1) is 0 Å². The van der Waals surface area contributed by atoms with E-state index in [4.69, 9.17) is 5.11 Å². The third kappa shape index (κ3) is 8.73. The summed E-state index contributed by atoms with van der Waals surface area (Å²) >= 11 is 0. The van der Waals surface area contributed by atoms with Crippen molar-refractivity contribution >= 4 is 17.8 Å². The topological polar surface area (TPSA) is 95.5 Å². The molecule has 0 aliphatic heterocycles. The number of rotatable bonds is 7. The molecule has 15 heavy (non-hydrogen) atoms. The Bertz CT molecular complexity index is 240. The molecule has 0 unspecified atom stereocenters. The molecule has 0 atom stereocenters. The molecular weight excluding hydrogens is 200 g/mol. The molecule has 2 amide bonds. The van der Waals surface area contributed by atoms with Crippen LogP contribution in [0.3, 0.4) is 0 Å². The van der Waals surface area contributed by atoms with Gasteiger partial charge >= 0.3 is 5.97 Å². The lowest BCUT2D eigenvalue weighted by Gasteiger charge is -2.03. The van der Waals surface area contributed by atoms with Gasteiger partial charge in [-0.2, -0.15) is 0 Å². The molecular formula is C9H16N2O4. The highest BCUT2D eigenvalue weighted by Crippen LogP contribution is 1.89. The molecule has 6 heteroatoms. The first-order valence-electron chi connectivity index (χ1n) is 4.81. The Kier molecular flexibility index (Phi) is 6.96. The number of hydrogen-bond donors (Lipinski definition) is 3. The van der Waals surface area contributed by atoms with E-state index < -0.39 is 18.4 Å². The molecule has 0 bridgehead atoms. The number of carboxylic acid groups (broad SMARTS) is 1. The van der Waals surface area contributed by atoms with Gasteiger partial charge in [0, 0.05) is 19.4 Å². The molecule has 0 spiro atoms. The molecule has 0 rings (SSSR count). The maximum atomic E-state index is 11.0. The fourth-order valence-corrected chi connectivity index (χ4v) is 0.842. The Morgan fingerprint density at radius 3 is 2.07 bits per heavy atom. The summed E-state index contributed by atoms with van der Waals surface area (Å²) in [4.78, 5) is 32.1. The van der Waals surface area contributed by atoms with Crippen molar-refractivity contribution in [3.63, 3.8) is 0 Å². The maximum absolute atomic E-state index is 11.0.